The summed E-state index contributed by atoms with van der Waals surface area (Å²) in [5.41, 5.74) is 4.64. The number of amides is 2. The molecule has 1 aliphatic heterocycles. The zero-order chi connectivity index (χ0) is 28.6. The number of nitrogens with one attached hydrogen (secondary N) is 2. The molecule has 3 heterocycles. The number of anilines is 2. The number of ether oxygens (including phenoxy) is 1. The molecule has 2 aromatic heterocycles. The molecule has 1 saturated heterocycles. The fourth-order valence-electron chi connectivity index (χ4n) is 5.21. The highest BCUT2D eigenvalue weighted by molar-refractivity contribution is 6.00. The minimum Gasteiger partial charge on any atom is -0.379 e. The summed E-state index contributed by atoms with van der Waals surface area (Å²) in [5, 5.41) is 11.0. The number of hydrogen-bond acceptors (Lipinski definition) is 5. The second-order valence-corrected chi connectivity index (χ2v) is 10.6. The molecule has 1 aliphatic carbocycles. The summed E-state index contributed by atoms with van der Waals surface area (Å²) in [5.74, 6) is 0.460. The first-order chi connectivity index (χ1) is 19.7. The third-order valence-electron chi connectivity index (χ3n) is 7.53. The van der Waals surface area contributed by atoms with Gasteiger partial charge in [0.05, 0.1) is 31.0 Å². The van der Waals surface area contributed by atoms with Gasteiger partial charge in [-0.25, -0.2) is 14.5 Å². The lowest BCUT2D eigenvalue weighted by atomic mass is 10.00. The summed E-state index contributed by atoms with van der Waals surface area (Å²) in [6.45, 7) is 6.98. The van der Waals surface area contributed by atoms with E-state index in [0.717, 1.165) is 97.9 Å². The number of carbonyl (C=O) groups is 1. The molecule has 2 N–H and O–H groups in total. The second-order valence-electron chi connectivity index (χ2n) is 10.6. The number of morpholine rings is 1. The van der Waals surface area contributed by atoms with Crippen molar-refractivity contribution in [2.75, 3.05) is 43.5 Å². The van der Waals surface area contributed by atoms with Crippen LogP contribution in [0, 0.1) is 6.92 Å². The smallest absolute Gasteiger partial charge is 0.379 e. The van der Waals surface area contributed by atoms with Gasteiger partial charge in [0.1, 0.15) is 0 Å². The Morgan fingerprint density at radius 1 is 1.00 bits per heavy atom. The number of urea groups is 1. The molecule has 2 amide bonds. The highest BCUT2D eigenvalue weighted by Crippen LogP contribution is 2.42. The number of nitrogens with zero attached hydrogens (tertiary/aromatic N) is 4. The zero-order valence-electron chi connectivity index (χ0n) is 22.7. The summed E-state index contributed by atoms with van der Waals surface area (Å²) in [6.07, 6.45) is -2.23. The van der Waals surface area contributed by atoms with Crippen molar-refractivity contribution in [3.63, 3.8) is 0 Å². The van der Waals surface area contributed by atoms with E-state index in [9.17, 15) is 18.0 Å². The lowest BCUT2D eigenvalue weighted by Crippen LogP contribution is -2.38. The largest absolute Gasteiger partial charge is 0.416 e. The van der Waals surface area contributed by atoms with Crippen molar-refractivity contribution in [1.29, 1.82) is 0 Å². The average molecular weight is 565 g/mol. The first-order valence-corrected chi connectivity index (χ1v) is 13.8. The SMILES string of the molecule is Cc1nn(CCN2CCOCC2)c2nc(C3CC3)cc(-c3ccc(NC(=O)Nc4cccc(C(F)(F)F)c4)cc3)c12. The molecule has 0 radical (unpaired) electrons. The fourth-order valence-corrected chi connectivity index (χ4v) is 5.21. The third-order valence-corrected chi connectivity index (χ3v) is 7.53. The molecule has 4 aromatic rings. The summed E-state index contributed by atoms with van der Waals surface area (Å²) in [7, 11) is 0. The van der Waals surface area contributed by atoms with Crippen LogP contribution in [-0.2, 0) is 17.5 Å². The fraction of sp³-hybridized carbons (Fsp3) is 0.367. The lowest BCUT2D eigenvalue weighted by molar-refractivity contribution is -0.137. The number of aryl methyl sites for hydroxylation is 1. The van der Waals surface area contributed by atoms with Crippen LogP contribution < -0.4 is 10.6 Å². The number of benzene rings is 2. The maximum absolute atomic E-state index is 13.0. The molecule has 1 saturated carbocycles. The van der Waals surface area contributed by atoms with Gasteiger partial charge in [0.15, 0.2) is 5.65 Å². The Labute approximate surface area is 235 Å². The van der Waals surface area contributed by atoms with Crippen LogP contribution in [0.3, 0.4) is 0 Å². The zero-order valence-corrected chi connectivity index (χ0v) is 22.7. The number of fused-ring (bicyclic) bond motifs is 1. The predicted octanol–water partition coefficient (Wildman–Crippen LogP) is 6.28. The second kappa shape index (κ2) is 11.1. The standard InChI is InChI=1S/C30H31F3N6O2/c1-19-27-25(18-26(21-5-6-21)36-28(27)39(37-19)12-11-38-13-15-41-16-14-38)20-7-9-23(10-8-20)34-29(40)35-24-4-2-3-22(17-24)30(31,32)33/h2-4,7-10,17-18,21H,5-6,11-16H2,1H3,(H2,34,35,40). The normalized spacial score (nSPS) is 16.2. The number of halogens is 3. The van der Waals surface area contributed by atoms with Gasteiger partial charge in [0, 0.05) is 48.0 Å². The van der Waals surface area contributed by atoms with Crippen molar-refractivity contribution in [2.24, 2.45) is 0 Å². The molecular formula is C30H31F3N6O2. The van der Waals surface area contributed by atoms with E-state index < -0.39 is 17.8 Å². The number of pyridine rings is 1. The molecule has 2 aromatic carbocycles. The highest BCUT2D eigenvalue weighted by atomic mass is 19.4. The van der Waals surface area contributed by atoms with Crippen molar-refractivity contribution in [3.8, 4) is 11.1 Å². The van der Waals surface area contributed by atoms with Gasteiger partial charge in [-0.2, -0.15) is 18.3 Å². The van der Waals surface area contributed by atoms with Crippen LogP contribution in [-0.4, -0.2) is 58.5 Å². The lowest BCUT2D eigenvalue weighted by Gasteiger charge is -2.26. The summed E-state index contributed by atoms with van der Waals surface area (Å²) < 4.78 is 46.5. The molecule has 0 spiro atoms. The molecule has 6 rings (SSSR count). The first kappa shape index (κ1) is 27.2. The Balaban J connectivity index is 1.21. The van der Waals surface area contributed by atoms with E-state index >= 15 is 0 Å². The molecule has 0 atom stereocenters. The van der Waals surface area contributed by atoms with Crippen molar-refractivity contribution < 1.29 is 22.7 Å². The van der Waals surface area contributed by atoms with E-state index in [-0.39, 0.29) is 5.69 Å². The van der Waals surface area contributed by atoms with E-state index in [2.05, 4.69) is 21.6 Å². The number of rotatable bonds is 7. The summed E-state index contributed by atoms with van der Waals surface area (Å²) in [4.78, 5) is 19.9. The Morgan fingerprint density at radius 3 is 2.44 bits per heavy atom. The van der Waals surface area contributed by atoms with Crippen molar-refractivity contribution in [2.45, 2.75) is 38.4 Å². The van der Waals surface area contributed by atoms with Gasteiger partial charge in [0.2, 0.25) is 0 Å². The summed E-state index contributed by atoms with van der Waals surface area (Å²) >= 11 is 0. The number of alkyl halides is 3. The van der Waals surface area contributed by atoms with Crippen LogP contribution in [0.25, 0.3) is 22.2 Å². The van der Waals surface area contributed by atoms with E-state index in [0.29, 0.717) is 11.6 Å². The van der Waals surface area contributed by atoms with Crippen LogP contribution in [0.2, 0.25) is 0 Å². The van der Waals surface area contributed by atoms with Gasteiger partial charge in [-0.15, -0.1) is 0 Å². The van der Waals surface area contributed by atoms with E-state index in [1.54, 1.807) is 12.1 Å². The molecule has 11 heteroatoms. The third kappa shape index (κ3) is 6.20. The van der Waals surface area contributed by atoms with Crippen LogP contribution in [0.1, 0.15) is 35.7 Å². The minimum atomic E-state index is -4.49. The summed E-state index contributed by atoms with van der Waals surface area (Å²) in [6, 6.07) is 13.5. The monoisotopic (exact) mass is 564 g/mol. The quantitative estimate of drug-likeness (QED) is 0.276. The van der Waals surface area contributed by atoms with Crippen LogP contribution in [0.4, 0.5) is 29.3 Å². The van der Waals surface area contributed by atoms with Crippen molar-refractivity contribution in [1.82, 2.24) is 19.7 Å². The number of hydrogen-bond donors (Lipinski definition) is 2. The molecule has 2 aliphatic rings. The van der Waals surface area contributed by atoms with Gasteiger partial charge < -0.3 is 15.4 Å². The Morgan fingerprint density at radius 2 is 1.73 bits per heavy atom. The number of aromatic nitrogens is 3. The minimum absolute atomic E-state index is 0.0573. The average Bonchev–Trinajstić information content (AvgIpc) is 3.76. The Bertz CT molecular complexity index is 1560. The maximum atomic E-state index is 13.0. The van der Waals surface area contributed by atoms with Crippen molar-refractivity contribution >= 4 is 28.4 Å². The first-order valence-electron chi connectivity index (χ1n) is 13.8. The Kier molecular flexibility index (Phi) is 7.39. The molecule has 2 fully saturated rings. The van der Waals surface area contributed by atoms with Gasteiger partial charge in [0.25, 0.3) is 0 Å². The Hall–Kier alpha value is -3.96. The molecule has 8 nitrogen and oxygen atoms in total. The molecule has 41 heavy (non-hydrogen) atoms. The van der Waals surface area contributed by atoms with Crippen LogP contribution in [0.5, 0.6) is 0 Å². The molecule has 0 unspecified atom stereocenters. The van der Waals surface area contributed by atoms with Crippen LogP contribution >= 0.6 is 0 Å². The predicted molar refractivity (Wildman–Crippen MR) is 151 cm³/mol. The molecule has 214 valence electrons. The van der Waals surface area contributed by atoms with E-state index in [1.807, 2.05) is 23.7 Å². The van der Waals surface area contributed by atoms with Gasteiger partial charge in [-0.05, 0) is 67.3 Å². The van der Waals surface area contributed by atoms with Crippen LogP contribution in [0.15, 0.2) is 54.6 Å². The molecular weight excluding hydrogens is 533 g/mol. The number of carbonyl (C=O) groups excluding carboxylic acids is 1. The van der Waals surface area contributed by atoms with E-state index in [4.69, 9.17) is 14.8 Å². The highest BCUT2D eigenvalue weighted by Gasteiger charge is 2.30. The maximum Gasteiger partial charge on any atom is 0.416 e. The topological polar surface area (TPSA) is 84.3 Å². The van der Waals surface area contributed by atoms with Crippen molar-refractivity contribution in [3.05, 3.63) is 71.5 Å². The molecule has 0 bridgehead atoms. The van der Waals surface area contributed by atoms with Gasteiger partial charge in [-0.1, -0.05) is 18.2 Å². The van der Waals surface area contributed by atoms with E-state index in [1.165, 1.54) is 12.1 Å². The van der Waals surface area contributed by atoms with Gasteiger partial charge >= 0.3 is 12.2 Å². The van der Waals surface area contributed by atoms with Gasteiger partial charge in [-0.3, -0.25) is 4.90 Å².